The summed E-state index contributed by atoms with van der Waals surface area (Å²) in [5.74, 6) is -0.718. The van der Waals surface area contributed by atoms with E-state index in [1.165, 1.54) is 31.2 Å². The second-order valence-corrected chi connectivity index (χ2v) is 4.92. The maximum absolute atomic E-state index is 12.0. The summed E-state index contributed by atoms with van der Waals surface area (Å²) in [6.07, 6.45) is 1.11. The molecule has 2 atom stereocenters. The molecular weight excluding hydrogens is 292 g/mol. The highest BCUT2D eigenvalue weighted by atomic mass is 16.6. The number of nitro benzene ring substituents is 1. The highest BCUT2D eigenvalue weighted by molar-refractivity contribution is 5.89. The molecular formula is C14H18N2O6. The molecule has 1 aromatic rings. The van der Waals surface area contributed by atoms with Gasteiger partial charge in [-0.1, -0.05) is 13.3 Å². The van der Waals surface area contributed by atoms with Gasteiger partial charge in [-0.05, 0) is 25.0 Å². The quantitative estimate of drug-likeness (QED) is 0.414. The van der Waals surface area contributed by atoms with E-state index in [0.717, 1.165) is 6.42 Å². The van der Waals surface area contributed by atoms with Crippen molar-refractivity contribution in [1.82, 2.24) is 0 Å². The molecule has 8 nitrogen and oxygen atoms in total. The number of hydrogen-bond donors (Lipinski definition) is 0. The summed E-state index contributed by atoms with van der Waals surface area (Å²) in [6, 6.07) is 3.92. The van der Waals surface area contributed by atoms with E-state index in [1.807, 2.05) is 6.92 Å². The second-order valence-electron chi connectivity index (χ2n) is 4.92. The van der Waals surface area contributed by atoms with Crippen LogP contribution in [0, 0.1) is 20.2 Å². The fraction of sp³-hybridized carbons (Fsp3) is 0.500. The van der Waals surface area contributed by atoms with Crippen molar-refractivity contribution in [2.75, 3.05) is 0 Å². The minimum absolute atomic E-state index is 0.127. The molecule has 0 aliphatic carbocycles. The third-order valence-electron chi connectivity index (χ3n) is 3.29. The number of unbranched alkanes of at least 4 members (excludes halogenated alkanes) is 1. The number of nitrogens with zero attached hydrogens (tertiary/aromatic N) is 2. The molecule has 2 unspecified atom stereocenters. The second kappa shape index (κ2) is 8.06. The molecule has 0 aliphatic rings. The predicted octanol–water partition coefficient (Wildman–Crippen LogP) is 2.98. The molecule has 22 heavy (non-hydrogen) atoms. The number of nitro groups is 2. The highest BCUT2D eigenvalue weighted by Crippen LogP contribution is 2.17. The predicted molar refractivity (Wildman–Crippen MR) is 78.3 cm³/mol. The first kappa shape index (κ1) is 17.5. The number of esters is 1. The van der Waals surface area contributed by atoms with Gasteiger partial charge in [0, 0.05) is 24.0 Å². The lowest BCUT2D eigenvalue weighted by molar-refractivity contribution is -0.529. The van der Waals surface area contributed by atoms with E-state index >= 15 is 0 Å². The Hall–Kier alpha value is -2.51. The highest BCUT2D eigenvalue weighted by Gasteiger charge is 2.30. The fourth-order valence-corrected chi connectivity index (χ4v) is 1.86. The zero-order chi connectivity index (χ0) is 16.7. The van der Waals surface area contributed by atoms with Crippen molar-refractivity contribution >= 4 is 11.7 Å². The Morgan fingerprint density at radius 3 is 2.27 bits per heavy atom. The average molecular weight is 310 g/mol. The molecule has 0 spiro atoms. The molecule has 0 amide bonds. The van der Waals surface area contributed by atoms with Crippen molar-refractivity contribution in [3.63, 3.8) is 0 Å². The SMILES string of the molecule is CCCCC(OC(=O)c1ccc([N+](=O)[O-])cc1)C(C)[N+](=O)[O-]. The summed E-state index contributed by atoms with van der Waals surface area (Å²) < 4.78 is 5.21. The Labute approximate surface area is 127 Å². The van der Waals surface area contributed by atoms with Crippen molar-refractivity contribution in [3.05, 3.63) is 50.1 Å². The maximum atomic E-state index is 12.0. The zero-order valence-electron chi connectivity index (χ0n) is 12.4. The van der Waals surface area contributed by atoms with E-state index in [0.29, 0.717) is 12.8 Å². The van der Waals surface area contributed by atoms with Crippen LogP contribution in [0.15, 0.2) is 24.3 Å². The van der Waals surface area contributed by atoms with E-state index < -0.39 is 28.0 Å². The molecule has 0 bridgehead atoms. The van der Waals surface area contributed by atoms with Crippen LogP contribution >= 0.6 is 0 Å². The fourth-order valence-electron chi connectivity index (χ4n) is 1.86. The first-order valence-corrected chi connectivity index (χ1v) is 6.95. The van der Waals surface area contributed by atoms with Crippen molar-refractivity contribution in [3.8, 4) is 0 Å². The first-order valence-electron chi connectivity index (χ1n) is 6.95. The monoisotopic (exact) mass is 310 g/mol. The summed E-state index contributed by atoms with van der Waals surface area (Å²) >= 11 is 0. The van der Waals surface area contributed by atoms with Crippen LogP contribution in [0.2, 0.25) is 0 Å². The van der Waals surface area contributed by atoms with E-state index in [4.69, 9.17) is 4.74 Å². The lowest BCUT2D eigenvalue weighted by Crippen LogP contribution is -2.35. The topological polar surface area (TPSA) is 113 Å². The number of carbonyl (C=O) groups is 1. The molecule has 0 heterocycles. The largest absolute Gasteiger partial charge is 0.451 e. The van der Waals surface area contributed by atoms with Gasteiger partial charge in [-0.25, -0.2) is 4.79 Å². The molecule has 120 valence electrons. The smallest absolute Gasteiger partial charge is 0.338 e. The number of ether oxygens (including phenoxy) is 1. The van der Waals surface area contributed by atoms with Gasteiger partial charge in [0.1, 0.15) is 0 Å². The third kappa shape index (κ3) is 4.80. The standard InChI is InChI=1S/C14H18N2O6/c1-3-4-5-13(10(2)15(18)19)22-14(17)11-6-8-12(9-7-11)16(20)21/h6-10,13H,3-5H2,1-2H3. The molecule has 0 fully saturated rings. The van der Waals surface area contributed by atoms with Crippen LogP contribution in [0.1, 0.15) is 43.5 Å². The molecule has 0 saturated carbocycles. The molecule has 0 saturated heterocycles. The van der Waals surface area contributed by atoms with E-state index in [9.17, 15) is 25.0 Å². The van der Waals surface area contributed by atoms with Crippen LogP contribution in [-0.2, 0) is 4.74 Å². The van der Waals surface area contributed by atoms with Crippen molar-refractivity contribution in [2.24, 2.45) is 0 Å². The van der Waals surface area contributed by atoms with Crippen LogP contribution in [0.25, 0.3) is 0 Å². The molecule has 0 aromatic heterocycles. The van der Waals surface area contributed by atoms with Crippen LogP contribution in [0.3, 0.4) is 0 Å². The van der Waals surface area contributed by atoms with Gasteiger partial charge < -0.3 is 4.74 Å². The Kier molecular flexibility index (Phi) is 6.43. The molecule has 0 radical (unpaired) electrons. The van der Waals surface area contributed by atoms with Crippen LogP contribution in [0.4, 0.5) is 5.69 Å². The van der Waals surface area contributed by atoms with Gasteiger partial charge in [0.15, 0.2) is 6.10 Å². The Balaban J connectivity index is 2.80. The van der Waals surface area contributed by atoms with Gasteiger partial charge in [-0.3, -0.25) is 20.2 Å². The van der Waals surface area contributed by atoms with Crippen LogP contribution in [0.5, 0.6) is 0 Å². The number of benzene rings is 1. The van der Waals surface area contributed by atoms with E-state index in [2.05, 4.69) is 0 Å². The van der Waals surface area contributed by atoms with Crippen molar-refractivity contribution in [2.45, 2.75) is 45.3 Å². The summed E-state index contributed by atoms with van der Waals surface area (Å²) in [7, 11) is 0. The number of carbonyl (C=O) groups excluding carboxylic acids is 1. The van der Waals surface area contributed by atoms with Gasteiger partial charge in [0.2, 0.25) is 6.04 Å². The van der Waals surface area contributed by atoms with Gasteiger partial charge in [-0.15, -0.1) is 0 Å². The summed E-state index contributed by atoms with van der Waals surface area (Å²) in [5.41, 5.74) is -0.0135. The van der Waals surface area contributed by atoms with Gasteiger partial charge in [0.25, 0.3) is 5.69 Å². The number of hydrogen-bond acceptors (Lipinski definition) is 6. The molecule has 1 aromatic carbocycles. The van der Waals surface area contributed by atoms with E-state index in [1.54, 1.807) is 0 Å². The lowest BCUT2D eigenvalue weighted by atomic mass is 10.1. The summed E-state index contributed by atoms with van der Waals surface area (Å²) in [4.78, 5) is 32.4. The minimum Gasteiger partial charge on any atom is -0.451 e. The van der Waals surface area contributed by atoms with E-state index in [-0.39, 0.29) is 11.3 Å². The zero-order valence-corrected chi connectivity index (χ0v) is 12.4. The molecule has 8 heteroatoms. The van der Waals surface area contributed by atoms with Gasteiger partial charge in [0.05, 0.1) is 10.5 Å². The minimum atomic E-state index is -1.01. The van der Waals surface area contributed by atoms with Gasteiger partial charge in [-0.2, -0.15) is 0 Å². The summed E-state index contributed by atoms with van der Waals surface area (Å²) in [5, 5.41) is 21.4. The molecule has 0 N–H and O–H groups in total. The average Bonchev–Trinajstić information content (AvgIpc) is 2.50. The van der Waals surface area contributed by atoms with Crippen molar-refractivity contribution < 1.29 is 19.4 Å². The third-order valence-corrected chi connectivity index (χ3v) is 3.29. The Bertz CT molecular complexity index is 543. The molecule has 0 aliphatic heterocycles. The Morgan fingerprint density at radius 2 is 1.82 bits per heavy atom. The number of rotatable bonds is 8. The van der Waals surface area contributed by atoms with Gasteiger partial charge >= 0.3 is 5.97 Å². The number of non-ortho nitro benzene ring substituents is 1. The summed E-state index contributed by atoms with van der Waals surface area (Å²) in [6.45, 7) is 3.33. The molecule has 1 rings (SSSR count). The lowest BCUT2D eigenvalue weighted by Gasteiger charge is -2.18. The first-order chi connectivity index (χ1) is 10.4. The van der Waals surface area contributed by atoms with Crippen LogP contribution < -0.4 is 0 Å². The van der Waals surface area contributed by atoms with Crippen LogP contribution in [-0.4, -0.2) is 28.0 Å². The Morgan fingerprint density at radius 1 is 1.23 bits per heavy atom. The van der Waals surface area contributed by atoms with Crippen molar-refractivity contribution in [1.29, 1.82) is 0 Å². The maximum Gasteiger partial charge on any atom is 0.338 e. The normalized spacial score (nSPS) is 13.2.